The van der Waals surface area contributed by atoms with Gasteiger partial charge < -0.3 is 21.1 Å². The van der Waals surface area contributed by atoms with Crippen molar-refractivity contribution in [3.8, 4) is 11.4 Å². The smallest absolute Gasteiger partial charge is 0.183 e. The van der Waals surface area contributed by atoms with E-state index in [9.17, 15) is 5.11 Å². The number of imidazole rings is 1. The zero-order valence-electron chi connectivity index (χ0n) is 14.5. The molecule has 4 aromatic rings. The van der Waals surface area contributed by atoms with E-state index in [1.165, 1.54) is 12.7 Å². The number of aliphatic hydroxyl groups is 1. The molecule has 1 unspecified atom stereocenters. The number of aromatic amines is 1. The van der Waals surface area contributed by atoms with Crippen molar-refractivity contribution in [3.63, 3.8) is 0 Å². The minimum absolute atomic E-state index is 0.365. The summed E-state index contributed by atoms with van der Waals surface area (Å²) in [4.78, 5) is 24.2. The van der Waals surface area contributed by atoms with Crippen LogP contribution in [0.1, 0.15) is 18.7 Å². The molecular formula is C17H14Cl2N8O. The summed E-state index contributed by atoms with van der Waals surface area (Å²) in [6, 6.07) is 4.82. The summed E-state index contributed by atoms with van der Waals surface area (Å²) in [5.41, 5.74) is 8.17. The Morgan fingerprint density at radius 3 is 2.50 bits per heavy atom. The van der Waals surface area contributed by atoms with Gasteiger partial charge in [0.05, 0.1) is 27.4 Å². The van der Waals surface area contributed by atoms with Gasteiger partial charge in [-0.05, 0) is 19.1 Å². The highest BCUT2D eigenvalue weighted by molar-refractivity contribution is 6.39. The fourth-order valence-corrected chi connectivity index (χ4v) is 3.33. The van der Waals surface area contributed by atoms with Gasteiger partial charge in [-0.1, -0.05) is 23.2 Å². The second-order valence-corrected chi connectivity index (χ2v) is 6.81. The van der Waals surface area contributed by atoms with Gasteiger partial charge in [0.1, 0.15) is 29.8 Å². The van der Waals surface area contributed by atoms with Gasteiger partial charge in [-0.3, -0.25) is 0 Å². The van der Waals surface area contributed by atoms with Crippen LogP contribution in [0, 0.1) is 0 Å². The van der Waals surface area contributed by atoms with Crippen molar-refractivity contribution in [3.05, 3.63) is 46.6 Å². The Morgan fingerprint density at radius 2 is 1.79 bits per heavy atom. The Hall–Kier alpha value is -3.01. The number of halogens is 2. The number of anilines is 3. The number of aromatic nitrogens is 6. The van der Waals surface area contributed by atoms with Gasteiger partial charge in [0.25, 0.3) is 0 Å². The molecule has 3 heterocycles. The van der Waals surface area contributed by atoms with E-state index in [-0.39, 0.29) is 0 Å². The number of H-pyrrole nitrogens is 1. The summed E-state index contributed by atoms with van der Waals surface area (Å²) >= 11 is 12.6. The predicted molar refractivity (Wildman–Crippen MR) is 108 cm³/mol. The van der Waals surface area contributed by atoms with E-state index in [1.54, 1.807) is 25.1 Å². The second-order valence-electron chi connectivity index (χ2n) is 5.99. The summed E-state index contributed by atoms with van der Waals surface area (Å²) in [6.45, 7) is 1.62. The SMILES string of the molecule is CC(O)c1cc(Nc2ncnc3nc(-c4c(Cl)cc(N)cc4Cl)[nH]c23)ncn1. The number of rotatable bonds is 4. The van der Waals surface area contributed by atoms with Crippen molar-refractivity contribution in [2.24, 2.45) is 0 Å². The van der Waals surface area contributed by atoms with Crippen molar-refractivity contribution >= 4 is 51.7 Å². The van der Waals surface area contributed by atoms with E-state index in [4.69, 9.17) is 28.9 Å². The summed E-state index contributed by atoms with van der Waals surface area (Å²) in [5.74, 6) is 1.34. The second kappa shape index (κ2) is 7.19. The van der Waals surface area contributed by atoms with E-state index in [2.05, 4.69) is 35.2 Å². The quantitative estimate of drug-likeness (QED) is 0.370. The fourth-order valence-electron chi connectivity index (χ4n) is 2.65. The average Bonchev–Trinajstić information content (AvgIpc) is 3.05. The molecule has 1 aromatic carbocycles. The van der Waals surface area contributed by atoms with Crippen molar-refractivity contribution in [1.29, 1.82) is 0 Å². The third-order valence-electron chi connectivity index (χ3n) is 3.95. The van der Waals surface area contributed by atoms with Crippen molar-refractivity contribution in [2.75, 3.05) is 11.1 Å². The molecule has 9 nitrogen and oxygen atoms in total. The lowest BCUT2D eigenvalue weighted by Crippen LogP contribution is -2.02. The molecular weight excluding hydrogens is 403 g/mol. The molecule has 11 heteroatoms. The number of hydrogen-bond acceptors (Lipinski definition) is 8. The zero-order chi connectivity index (χ0) is 19.8. The Bertz CT molecular complexity index is 1150. The van der Waals surface area contributed by atoms with Crippen molar-refractivity contribution in [2.45, 2.75) is 13.0 Å². The Morgan fingerprint density at radius 1 is 1.07 bits per heavy atom. The third-order valence-corrected chi connectivity index (χ3v) is 4.55. The normalized spacial score (nSPS) is 12.3. The molecule has 0 saturated heterocycles. The zero-order valence-corrected chi connectivity index (χ0v) is 16.0. The minimum Gasteiger partial charge on any atom is -0.399 e. The molecule has 0 saturated carbocycles. The number of fused-ring (bicyclic) bond motifs is 1. The fraction of sp³-hybridized carbons (Fsp3) is 0.118. The average molecular weight is 417 g/mol. The first kappa shape index (κ1) is 18.4. The molecule has 142 valence electrons. The summed E-state index contributed by atoms with van der Waals surface area (Å²) in [6.07, 6.45) is 2.01. The van der Waals surface area contributed by atoms with Crippen LogP contribution in [0.5, 0.6) is 0 Å². The van der Waals surface area contributed by atoms with Crippen molar-refractivity contribution in [1.82, 2.24) is 29.9 Å². The largest absolute Gasteiger partial charge is 0.399 e. The number of nitrogens with one attached hydrogen (secondary N) is 2. The summed E-state index contributed by atoms with van der Waals surface area (Å²) in [5, 5.41) is 13.5. The highest BCUT2D eigenvalue weighted by Gasteiger charge is 2.17. The molecule has 4 rings (SSSR count). The number of nitrogen functional groups attached to an aromatic ring is 1. The van der Waals surface area contributed by atoms with Crippen LogP contribution in [0.25, 0.3) is 22.6 Å². The van der Waals surface area contributed by atoms with Crippen LogP contribution in [-0.2, 0) is 0 Å². The number of hydrogen-bond donors (Lipinski definition) is 4. The molecule has 0 radical (unpaired) electrons. The van der Waals surface area contributed by atoms with Gasteiger partial charge in [-0.15, -0.1) is 0 Å². The van der Waals surface area contributed by atoms with Gasteiger partial charge in [0.2, 0.25) is 0 Å². The van der Waals surface area contributed by atoms with Gasteiger partial charge in [0.15, 0.2) is 11.5 Å². The molecule has 0 fully saturated rings. The molecule has 0 bridgehead atoms. The monoisotopic (exact) mass is 416 g/mol. The van der Waals surface area contributed by atoms with Crippen LogP contribution in [0.2, 0.25) is 10.0 Å². The molecule has 28 heavy (non-hydrogen) atoms. The van der Waals surface area contributed by atoms with E-state index < -0.39 is 6.10 Å². The van der Waals surface area contributed by atoms with Crippen LogP contribution in [0.4, 0.5) is 17.3 Å². The van der Waals surface area contributed by atoms with Crippen LogP contribution in [0.15, 0.2) is 30.9 Å². The van der Waals surface area contributed by atoms with E-state index in [0.717, 1.165) is 0 Å². The van der Waals surface area contributed by atoms with Gasteiger partial charge in [-0.2, -0.15) is 0 Å². The molecule has 0 aliphatic heterocycles. The number of benzene rings is 1. The first-order valence-electron chi connectivity index (χ1n) is 8.15. The van der Waals surface area contributed by atoms with Gasteiger partial charge >= 0.3 is 0 Å². The summed E-state index contributed by atoms with van der Waals surface area (Å²) < 4.78 is 0. The Balaban J connectivity index is 1.77. The molecule has 3 aromatic heterocycles. The number of nitrogens with zero attached hydrogens (tertiary/aromatic N) is 5. The van der Waals surface area contributed by atoms with E-state index in [1.807, 2.05) is 0 Å². The topological polar surface area (TPSA) is 139 Å². The summed E-state index contributed by atoms with van der Waals surface area (Å²) in [7, 11) is 0. The first-order valence-corrected chi connectivity index (χ1v) is 8.90. The molecule has 0 aliphatic carbocycles. The maximum absolute atomic E-state index is 9.69. The van der Waals surface area contributed by atoms with Crippen LogP contribution in [0.3, 0.4) is 0 Å². The predicted octanol–water partition coefficient (Wildman–Crippen LogP) is 3.50. The number of nitrogens with two attached hydrogens (primary N) is 1. The highest BCUT2D eigenvalue weighted by atomic mass is 35.5. The Labute approximate surface area is 169 Å². The Kier molecular flexibility index (Phi) is 4.71. The minimum atomic E-state index is -0.720. The lowest BCUT2D eigenvalue weighted by molar-refractivity contribution is 0.194. The van der Waals surface area contributed by atoms with E-state index in [0.29, 0.717) is 55.6 Å². The number of aliphatic hydroxyl groups excluding tert-OH is 1. The molecule has 1 atom stereocenters. The van der Waals surface area contributed by atoms with Crippen LogP contribution < -0.4 is 11.1 Å². The highest BCUT2D eigenvalue weighted by Crippen LogP contribution is 2.36. The molecule has 0 spiro atoms. The maximum Gasteiger partial charge on any atom is 0.183 e. The molecule has 0 aliphatic rings. The van der Waals surface area contributed by atoms with Gasteiger partial charge in [-0.25, -0.2) is 24.9 Å². The first-order chi connectivity index (χ1) is 13.4. The van der Waals surface area contributed by atoms with Crippen molar-refractivity contribution < 1.29 is 5.11 Å². The molecule has 5 N–H and O–H groups in total. The lowest BCUT2D eigenvalue weighted by Gasteiger charge is -2.08. The van der Waals surface area contributed by atoms with Gasteiger partial charge in [0, 0.05) is 11.8 Å². The molecule has 0 amide bonds. The lowest BCUT2D eigenvalue weighted by atomic mass is 10.2. The third kappa shape index (κ3) is 3.42. The van der Waals surface area contributed by atoms with Crippen LogP contribution in [-0.4, -0.2) is 35.0 Å². The standard InChI is InChI=1S/C17H14Cl2N8O/c1-7(28)11-4-12(22-5-21-11)25-16-14-17(24-6-23-16)27-15(26-14)13-9(18)2-8(20)3-10(13)19/h2-7,28H,20H2,1H3,(H2,21,22,23,24,25,26,27). The van der Waals surface area contributed by atoms with Crippen LogP contribution >= 0.6 is 23.2 Å². The maximum atomic E-state index is 9.69. The van der Waals surface area contributed by atoms with E-state index >= 15 is 0 Å².